The van der Waals surface area contributed by atoms with Crippen LogP contribution < -0.4 is 5.32 Å². The van der Waals surface area contributed by atoms with Gasteiger partial charge in [-0.3, -0.25) is 4.79 Å². The quantitative estimate of drug-likeness (QED) is 0.613. The number of aliphatic hydroxyl groups is 1. The van der Waals surface area contributed by atoms with Crippen molar-refractivity contribution in [3.63, 3.8) is 0 Å². The summed E-state index contributed by atoms with van der Waals surface area (Å²) in [6, 6.07) is 2.32. The van der Waals surface area contributed by atoms with E-state index in [1.54, 1.807) is 0 Å². The molecular formula is C15H14F4N2O4. The average molecular weight is 362 g/mol. The molecule has 0 unspecified atom stereocenters. The lowest BCUT2D eigenvalue weighted by atomic mass is 10.1. The fourth-order valence-corrected chi connectivity index (χ4v) is 2.36. The Hall–Kier alpha value is -2.62. The lowest BCUT2D eigenvalue weighted by Crippen LogP contribution is -2.31. The Balaban J connectivity index is 2.50. The number of methoxy groups -OCH3 is 1. The molecule has 1 aromatic rings. The SMILES string of the molecule is COC(=O)C1=C(Nc2c(F)cccc2C(F)(F)F)C(=O)N(CCO)C1. The van der Waals surface area contributed by atoms with E-state index in [1.165, 1.54) is 0 Å². The van der Waals surface area contributed by atoms with E-state index in [1.807, 2.05) is 0 Å². The molecule has 0 atom stereocenters. The van der Waals surface area contributed by atoms with Crippen LogP contribution in [0.1, 0.15) is 5.56 Å². The number of rotatable bonds is 5. The van der Waals surface area contributed by atoms with Gasteiger partial charge >= 0.3 is 12.1 Å². The summed E-state index contributed by atoms with van der Waals surface area (Å²) < 4.78 is 57.7. The van der Waals surface area contributed by atoms with Gasteiger partial charge in [0.25, 0.3) is 5.91 Å². The van der Waals surface area contributed by atoms with Crippen LogP contribution in [0.25, 0.3) is 0 Å². The Morgan fingerprint density at radius 2 is 2.08 bits per heavy atom. The van der Waals surface area contributed by atoms with Crippen molar-refractivity contribution in [3.05, 3.63) is 40.8 Å². The zero-order chi connectivity index (χ0) is 18.8. The molecule has 0 saturated heterocycles. The summed E-state index contributed by atoms with van der Waals surface area (Å²) >= 11 is 0. The molecule has 1 amide bonds. The predicted molar refractivity (Wildman–Crippen MR) is 77.7 cm³/mol. The molecule has 2 N–H and O–H groups in total. The van der Waals surface area contributed by atoms with Crippen LogP contribution in [0.4, 0.5) is 23.2 Å². The molecule has 25 heavy (non-hydrogen) atoms. The van der Waals surface area contributed by atoms with Gasteiger partial charge in [0.1, 0.15) is 11.5 Å². The first-order chi connectivity index (χ1) is 11.7. The molecular weight excluding hydrogens is 348 g/mol. The van der Waals surface area contributed by atoms with E-state index in [4.69, 9.17) is 5.11 Å². The van der Waals surface area contributed by atoms with Gasteiger partial charge < -0.3 is 20.1 Å². The van der Waals surface area contributed by atoms with Gasteiger partial charge in [0.15, 0.2) is 0 Å². The van der Waals surface area contributed by atoms with E-state index in [0.717, 1.165) is 24.1 Å². The largest absolute Gasteiger partial charge is 0.466 e. The second-order valence-electron chi connectivity index (χ2n) is 5.08. The minimum absolute atomic E-state index is 0.145. The summed E-state index contributed by atoms with van der Waals surface area (Å²) in [4.78, 5) is 25.1. The molecule has 136 valence electrons. The fraction of sp³-hybridized carbons (Fsp3) is 0.333. The summed E-state index contributed by atoms with van der Waals surface area (Å²) in [5.74, 6) is -3.02. The minimum atomic E-state index is -4.87. The molecule has 0 radical (unpaired) electrons. The van der Waals surface area contributed by atoms with Crippen LogP contribution in [0, 0.1) is 5.82 Å². The van der Waals surface area contributed by atoms with Gasteiger partial charge in [-0.15, -0.1) is 0 Å². The minimum Gasteiger partial charge on any atom is -0.466 e. The number of para-hydroxylation sites is 1. The number of halogens is 4. The highest BCUT2D eigenvalue weighted by atomic mass is 19.4. The van der Waals surface area contributed by atoms with Crippen molar-refractivity contribution in [1.82, 2.24) is 4.90 Å². The molecule has 1 aromatic carbocycles. The van der Waals surface area contributed by atoms with Gasteiger partial charge in [-0.2, -0.15) is 13.2 Å². The third-order valence-corrected chi connectivity index (χ3v) is 3.52. The number of benzene rings is 1. The standard InChI is InChI=1S/C15H14F4N2O4/c1-25-14(24)8-7-21(5-6-22)13(23)11(8)20-12-9(15(17,18)19)3-2-4-10(12)16/h2-4,20,22H,5-7H2,1H3. The third-order valence-electron chi connectivity index (χ3n) is 3.52. The molecule has 0 fully saturated rings. The van der Waals surface area contributed by atoms with Crippen LogP contribution in [0.15, 0.2) is 29.5 Å². The molecule has 0 bridgehead atoms. The Bertz CT molecular complexity index is 731. The highest BCUT2D eigenvalue weighted by molar-refractivity contribution is 6.08. The second kappa shape index (κ2) is 7.09. The van der Waals surface area contributed by atoms with E-state index < -0.39 is 47.4 Å². The van der Waals surface area contributed by atoms with Crippen LogP contribution in [-0.4, -0.2) is 48.7 Å². The van der Waals surface area contributed by atoms with Gasteiger partial charge in [0, 0.05) is 6.54 Å². The smallest absolute Gasteiger partial charge is 0.418 e. The number of nitrogens with zero attached hydrogens (tertiary/aromatic N) is 1. The van der Waals surface area contributed by atoms with Gasteiger partial charge in [-0.1, -0.05) is 6.07 Å². The second-order valence-corrected chi connectivity index (χ2v) is 5.08. The topological polar surface area (TPSA) is 78.9 Å². The number of β-amino-alcohol motifs (C(OH)–C–C–N with tert-alkyl or cyclic N) is 1. The number of carbonyl (C=O) groups excluding carboxylic acids is 2. The first-order valence-electron chi connectivity index (χ1n) is 7.05. The van der Waals surface area contributed by atoms with E-state index >= 15 is 0 Å². The van der Waals surface area contributed by atoms with Crippen molar-refractivity contribution in [3.8, 4) is 0 Å². The molecule has 0 aromatic heterocycles. The summed E-state index contributed by atoms with van der Waals surface area (Å²) in [6.07, 6.45) is -4.87. The van der Waals surface area contributed by atoms with Crippen LogP contribution in [0.2, 0.25) is 0 Å². The first kappa shape index (κ1) is 18.7. The lowest BCUT2D eigenvalue weighted by Gasteiger charge is -2.17. The molecule has 0 aliphatic carbocycles. The maximum absolute atomic E-state index is 14.0. The molecule has 1 heterocycles. The van der Waals surface area contributed by atoms with E-state index in [2.05, 4.69) is 10.1 Å². The summed E-state index contributed by atoms with van der Waals surface area (Å²) in [5, 5.41) is 11.0. The van der Waals surface area contributed by atoms with Crippen molar-refractivity contribution < 1.29 is 37.0 Å². The molecule has 0 spiro atoms. The molecule has 1 aliphatic heterocycles. The fourth-order valence-electron chi connectivity index (χ4n) is 2.36. The Labute approximate surface area is 139 Å². The molecule has 0 saturated carbocycles. The summed E-state index contributed by atoms with van der Waals surface area (Å²) in [7, 11) is 1.04. The number of ether oxygens (including phenoxy) is 1. The van der Waals surface area contributed by atoms with Gasteiger partial charge in [0.2, 0.25) is 0 Å². The molecule has 2 rings (SSSR count). The average Bonchev–Trinajstić information content (AvgIpc) is 2.85. The summed E-state index contributed by atoms with van der Waals surface area (Å²) in [5.41, 5.74) is -3.06. The Morgan fingerprint density at radius 3 is 2.64 bits per heavy atom. The number of hydrogen-bond acceptors (Lipinski definition) is 5. The van der Waals surface area contributed by atoms with Gasteiger partial charge in [-0.05, 0) is 12.1 Å². The monoisotopic (exact) mass is 362 g/mol. The zero-order valence-corrected chi connectivity index (χ0v) is 13.0. The highest BCUT2D eigenvalue weighted by Gasteiger charge is 2.38. The van der Waals surface area contributed by atoms with Crippen LogP contribution in [0.5, 0.6) is 0 Å². The Kier molecular flexibility index (Phi) is 5.31. The first-order valence-corrected chi connectivity index (χ1v) is 7.05. The van der Waals surface area contributed by atoms with Crippen molar-refractivity contribution in [1.29, 1.82) is 0 Å². The number of esters is 1. The molecule has 10 heteroatoms. The number of aliphatic hydroxyl groups excluding tert-OH is 1. The number of nitrogens with one attached hydrogen (secondary N) is 1. The number of alkyl halides is 3. The zero-order valence-electron chi connectivity index (χ0n) is 13.0. The summed E-state index contributed by atoms with van der Waals surface area (Å²) in [6.45, 7) is -0.834. The lowest BCUT2D eigenvalue weighted by molar-refractivity contribution is -0.137. The van der Waals surface area contributed by atoms with Crippen LogP contribution >= 0.6 is 0 Å². The Morgan fingerprint density at radius 1 is 1.40 bits per heavy atom. The van der Waals surface area contributed by atoms with Crippen molar-refractivity contribution in [2.24, 2.45) is 0 Å². The van der Waals surface area contributed by atoms with E-state index in [0.29, 0.717) is 6.07 Å². The maximum atomic E-state index is 14.0. The number of amides is 1. The van der Waals surface area contributed by atoms with E-state index in [-0.39, 0.29) is 18.7 Å². The predicted octanol–water partition coefficient (Wildman–Crippen LogP) is 1.52. The highest BCUT2D eigenvalue weighted by Crippen LogP contribution is 2.37. The van der Waals surface area contributed by atoms with Crippen molar-refractivity contribution in [2.45, 2.75) is 6.18 Å². The van der Waals surface area contributed by atoms with Crippen LogP contribution in [0.3, 0.4) is 0 Å². The van der Waals surface area contributed by atoms with Crippen molar-refractivity contribution in [2.75, 3.05) is 32.1 Å². The van der Waals surface area contributed by atoms with Crippen molar-refractivity contribution >= 4 is 17.6 Å². The third kappa shape index (κ3) is 3.73. The maximum Gasteiger partial charge on any atom is 0.418 e. The number of anilines is 1. The number of carbonyl (C=O) groups is 2. The van der Waals surface area contributed by atoms with Gasteiger partial charge in [-0.25, -0.2) is 9.18 Å². The molecule has 1 aliphatic rings. The van der Waals surface area contributed by atoms with Gasteiger partial charge in [0.05, 0.1) is 37.1 Å². The normalized spacial score (nSPS) is 15.0. The van der Waals surface area contributed by atoms with Crippen LogP contribution in [-0.2, 0) is 20.5 Å². The number of hydrogen-bond donors (Lipinski definition) is 2. The van der Waals surface area contributed by atoms with E-state index in [9.17, 15) is 27.2 Å². The molecule has 6 nitrogen and oxygen atoms in total.